The molecule has 2 aromatic carbocycles. The second-order valence-corrected chi connectivity index (χ2v) is 4.43. The molecule has 0 aliphatic rings. The quantitative estimate of drug-likeness (QED) is 0.891. The van der Waals surface area contributed by atoms with Crippen molar-refractivity contribution >= 4 is 0 Å². The van der Waals surface area contributed by atoms with Gasteiger partial charge in [-0.25, -0.2) is 4.39 Å². The highest BCUT2D eigenvalue weighted by atomic mass is 19.1. The number of rotatable bonds is 4. The highest BCUT2D eigenvalue weighted by Crippen LogP contribution is 2.31. The van der Waals surface area contributed by atoms with Crippen molar-refractivity contribution in [2.45, 2.75) is 26.4 Å². The molecule has 0 fully saturated rings. The molecule has 0 saturated carbocycles. The van der Waals surface area contributed by atoms with E-state index in [4.69, 9.17) is 4.74 Å². The van der Waals surface area contributed by atoms with E-state index in [0.717, 1.165) is 6.42 Å². The van der Waals surface area contributed by atoms with Crippen molar-refractivity contribution in [1.29, 1.82) is 0 Å². The maximum Gasteiger partial charge on any atom is 0.136 e. The standard InChI is InChI=1S/C16H17FO2/c1-3-12-7-9-13(10-8-12)19-15-6-4-5-14(17)16(15)11(2)18/h4-11,18H,3H2,1-2H3/t11-/m1/s1. The summed E-state index contributed by atoms with van der Waals surface area (Å²) in [5, 5.41) is 9.63. The molecule has 0 radical (unpaired) electrons. The van der Waals surface area contributed by atoms with Gasteiger partial charge in [-0.15, -0.1) is 0 Å². The molecule has 0 amide bonds. The van der Waals surface area contributed by atoms with Crippen LogP contribution in [0.3, 0.4) is 0 Å². The first-order valence-corrected chi connectivity index (χ1v) is 6.35. The van der Waals surface area contributed by atoms with Gasteiger partial charge in [0.05, 0.1) is 11.7 Å². The topological polar surface area (TPSA) is 29.5 Å². The van der Waals surface area contributed by atoms with Crippen LogP contribution in [0.5, 0.6) is 11.5 Å². The number of ether oxygens (including phenoxy) is 1. The van der Waals surface area contributed by atoms with E-state index in [0.29, 0.717) is 11.5 Å². The summed E-state index contributed by atoms with van der Waals surface area (Å²) >= 11 is 0. The Labute approximate surface area is 112 Å². The average Bonchev–Trinajstić information content (AvgIpc) is 2.39. The lowest BCUT2D eigenvalue weighted by Crippen LogP contribution is -1.99. The van der Waals surface area contributed by atoms with E-state index in [2.05, 4.69) is 6.92 Å². The summed E-state index contributed by atoms with van der Waals surface area (Å²) < 4.78 is 19.3. The zero-order valence-corrected chi connectivity index (χ0v) is 11.1. The molecular formula is C16H17FO2. The molecule has 3 heteroatoms. The van der Waals surface area contributed by atoms with Gasteiger partial charge < -0.3 is 9.84 Å². The Kier molecular flexibility index (Phi) is 4.17. The fourth-order valence-electron chi connectivity index (χ4n) is 1.93. The molecule has 0 aliphatic heterocycles. The summed E-state index contributed by atoms with van der Waals surface area (Å²) in [7, 11) is 0. The van der Waals surface area contributed by atoms with E-state index in [1.807, 2.05) is 24.3 Å². The molecule has 2 nitrogen and oxygen atoms in total. The third-order valence-electron chi connectivity index (χ3n) is 2.99. The van der Waals surface area contributed by atoms with Crippen LogP contribution in [-0.4, -0.2) is 5.11 Å². The number of halogens is 1. The van der Waals surface area contributed by atoms with Gasteiger partial charge in [-0.05, 0) is 43.2 Å². The second kappa shape index (κ2) is 5.85. The molecule has 0 aromatic heterocycles. The zero-order chi connectivity index (χ0) is 13.8. The second-order valence-electron chi connectivity index (χ2n) is 4.43. The van der Waals surface area contributed by atoms with Crippen molar-refractivity contribution in [2.24, 2.45) is 0 Å². The summed E-state index contributed by atoms with van der Waals surface area (Å²) in [6.07, 6.45) is 0.0465. The van der Waals surface area contributed by atoms with Crippen LogP contribution in [0.4, 0.5) is 4.39 Å². The van der Waals surface area contributed by atoms with E-state index >= 15 is 0 Å². The molecule has 0 spiro atoms. The van der Waals surface area contributed by atoms with Crippen molar-refractivity contribution in [3.8, 4) is 11.5 Å². The molecule has 0 saturated heterocycles. The molecule has 1 atom stereocenters. The molecule has 0 aliphatic carbocycles. The number of hydrogen-bond acceptors (Lipinski definition) is 2. The van der Waals surface area contributed by atoms with Gasteiger partial charge in [0.15, 0.2) is 0 Å². The van der Waals surface area contributed by atoms with Gasteiger partial charge >= 0.3 is 0 Å². The Hall–Kier alpha value is -1.87. The fourth-order valence-corrected chi connectivity index (χ4v) is 1.93. The van der Waals surface area contributed by atoms with E-state index in [9.17, 15) is 9.50 Å². The van der Waals surface area contributed by atoms with Crippen molar-refractivity contribution in [3.63, 3.8) is 0 Å². The summed E-state index contributed by atoms with van der Waals surface area (Å²) in [4.78, 5) is 0. The smallest absolute Gasteiger partial charge is 0.136 e. The van der Waals surface area contributed by atoms with E-state index in [1.165, 1.54) is 18.6 Å². The molecule has 1 N–H and O–H groups in total. The lowest BCUT2D eigenvalue weighted by atomic mass is 10.1. The van der Waals surface area contributed by atoms with Crippen LogP contribution in [0.1, 0.15) is 31.1 Å². The molecule has 0 heterocycles. The first-order chi connectivity index (χ1) is 9.11. The molecular weight excluding hydrogens is 243 g/mol. The summed E-state index contributed by atoms with van der Waals surface area (Å²) in [6.45, 7) is 3.60. The van der Waals surface area contributed by atoms with Crippen molar-refractivity contribution in [1.82, 2.24) is 0 Å². The van der Waals surface area contributed by atoms with Crippen LogP contribution in [0, 0.1) is 5.82 Å². The predicted molar refractivity (Wildman–Crippen MR) is 72.9 cm³/mol. The van der Waals surface area contributed by atoms with Crippen LogP contribution in [-0.2, 0) is 6.42 Å². The Morgan fingerprint density at radius 1 is 1.16 bits per heavy atom. The Morgan fingerprint density at radius 2 is 1.84 bits per heavy atom. The van der Waals surface area contributed by atoms with Gasteiger partial charge in [0.25, 0.3) is 0 Å². The third kappa shape index (κ3) is 3.12. The minimum atomic E-state index is -0.911. The molecule has 0 bridgehead atoms. The van der Waals surface area contributed by atoms with Gasteiger partial charge in [-0.2, -0.15) is 0 Å². The molecule has 2 aromatic rings. The predicted octanol–water partition coefficient (Wildman–Crippen LogP) is 4.23. The number of aliphatic hydroxyl groups excluding tert-OH is 1. The van der Waals surface area contributed by atoms with Gasteiger partial charge in [0.2, 0.25) is 0 Å². The highest BCUT2D eigenvalue weighted by molar-refractivity contribution is 5.40. The Balaban J connectivity index is 2.29. The molecule has 0 unspecified atom stereocenters. The Morgan fingerprint density at radius 3 is 2.42 bits per heavy atom. The van der Waals surface area contributed by atoms with Crippen LogP contribution in [0.2, 0.25) is 0 Å². The number of benzene rings is 2. The van der Waals surface area contributed by atoms with Gasteiger partial charge in [-0.3, -0.25) is 0 Å². The molecule has 2 rings (SSSR count). The fraction of sp³-hybridized carbons (Fsp3) is 0.250. The first kappa shape index (κ1) is 13.6. The zero-order valence-electron chi connectivity index (χ0n) is 11.1. The largest absolute Gasteiger partial charge is 0.457 e. The van der Waals surface area contributed by atoms with E-state index in [-0.39, 0.29) is 5.56 Å². The van der Waals surface area contributed by atoms with Gasteiger partial charge in [-0.1, -0.05) is 25.1 Å². The van der Waals surface area contributed by atoms with Crippen molar-refractivity contribution < 1.29 is 14.2 Å². The number of aryl methyl sites for hydroxylation is 1. The monoisotopic (exact) mass is 260 g/mol. The maximum atomic E-state index is 13.7. The summed E-state index contributed by atoms with van der Waals surface area (Å²) in [6, 6.07) is 12.2. The van der Waals surface area contributed by atoms with Crippen molar-refractivity contribution in [2.75, 3.05) is 0 Å². The van der Waals surface area contributed by atoms with Crippen molar-refractivity contribution in [3.05, 3.63) is 59.4 Å². The van der Waals surface area contributed by atoms with E-state index < -0.39 is 11.9 Å². The summed E-state index contributed by atoms with van der Waals surface area (Å²) in [5.74, 6) is 0.515. The van der Waals surface area contributed by atoms with Crippen LogP contribution in [0.15, 0.2) is 42.5 Å². The summed E-state index contributed by atoms with van der Waals surface area (Å²) in [5.41, 5.74) is 1.39. The van der Waals surface area contributed by atoms with Crippen LogP contribution < -0.4 is 4.74 Å². The van der Waals surface area contributed by atoms with Gasteiger partial charge in [0.1, 0.15) is 17.3 Å². The maximum absolute atomic E-state index is 13.7. The Bertz CT molecular complexity index is 547. The lowest BCUT2D eigenvalue weighted by molar-refractivity contribution is 0.190. The lowest BCUT2D eigenvalue weighted by Gasteiger charge is -2.14. The third-order valence-corrected chi connectivity index (χ3v) is 2.99. The van der Waals surface area contributed by atoms with Crippen LogP contribution >= 0.6 is 0 Å². The normalized spacial score (nSPS) is 12.2. The number of aliphatic hydroxyl groups is 1. The van der Waals surface area contributed by atoms with Crippen LogP contribution in [0.25, 0.3) is 0 Å². The average molecular weight is 260 g/mol. The van der Waals surface area contributed by atoms with Gasteiger partial charge in [0, 0.05) is 0 Å². The first-order valence-electron chi connectivity index (χ1n) is 6.35. The minimum absolute atomic E-state index is 0.182. The SMILES string of the molecule is CCc1ccc(Oc2cccc(F)c2[C@@H](C)O)cc1. The molecule has 19 heavy (non-hydrogen) atoms. The highest BCUT2D eigenvalue weighted by Gasteiger charge is 2.15. The van der Waals surface area contributed by atoms with E-state index in [1.54, 1.807) is 12.1 Å². The minimum Gasteiger partial charge on any atom is -0.457 e. The molecule has 100 valence electrons. The number of hydrogen-bond donors (Lipinski definition) is 1.